The molecule has 0 bridgehead atoms. The van der Waals surface area contributed by atoms with Crippen LogP contribution in [-0.2, 0) is 9.84 Å². The van der Waals surface area contributed by atoms with Gasteiger partial charge in [0.05, 0.1) is 21.9 Å². The van der Waals surface area contributed by atoms with Crippen LogP contribution in [0.1, 0.15) is 59.3 Å². The third-order valence-corrected chi connectivity index (χ3v) is 8.53. The quantitative estimate of drug-likeness (QED) is 0.717. The highest BCUT2D eigenvalue weighted by atomic mass is 32.2. The first-order valence-corrected chi connectivity index (χ1v) is 12.1. The Kier molecular flexibility index (Phi) is 5.42. The van der Waals surface area contributed by atoms with Crippen LogP contribution in [-0.4, -0.2) is 35.7 Å². The number of hydroxylamine groups is 2. The summed E-state index contributed by atoms with van der Waals surface area (Å²) in [4.78, 5) is 5.41. The molecule has 29 heavy (non-hydrogen) atoms. The molecule has 6 heteroatoms. The van der Waals surface area contributed by atoms with Gasteiger partial charge in [-0.05, 0) is 94.2 Å². The van der Waals surface area contributed by atoms with E-state index < -0.39 is 9.84 Å². The van der Waals surface area contributed by atoms with E-state index in [0.29, 0.717) is 16.3 Å². The topological polar surface area (TPSA) is 70.0 Å². The predicted molar refractivity (Wildman–Crippen MR) is 116 cm³/mol. The van der Waals surface area contributed by atoms with Gasteiger partial charge in [-0.1, -0.05) is 6.92 Å². The number of hydrogen-bond acceptors (Lipinski definition) is 5. The number of hydrogen-bond donors (Lipinski definition) is 1. The highest BCUT2D eigenvalue weighted by molar-refractivity contribution is 7.96. The van der Waals surface area contributed by atoms with Gasteiger partial charge in [0.1, 0.15) is 0 Å². The van der Waals surface area contributed by atoms with Gasteiger partial charge in [0.15, 0.2) is 9.84 Å². The lowest BCUT2D eigenvalue weighted by Crippen LogP contribution is -2.21. The minimum Gasteiger partial charge on any atom is -0.284 e. The summed E-state index contributed by atoms with van der Waals surface area (Å²) in [5, 5.41) is 11.0. The third-order valence-electron chi connectivity index (χ3n) is 6.27. The molecule has 0 saturated heterocycles. The fraction of sp³-hybridized carbons (Fsp3) is 0.522. The molecule has 0 radical (unpaired) electrons. The minimum atomic E-state index is -3.28. The average molecular weight is 415 g/mol. The van der Waals surface area contributed by atoms with Crippen molar-refractivity contribution in [1.29, 1.82) is 0 Å². The third kappa shape index (κ3) is 4.19. The van der Waals surface area contributed by atoms with Crippen LogP contribution in [0.5, 0.6) is 0 Å². The van der Waals surface area contributed by atoms with Gasteiger partial charge in [0, 0.05) is 17.0 Å². The average Bonchev–Trinajstić information content (AvgIpc) is 3.53. The van der Waals surface area contributed by atoms with Crippen molar-refractivity contribution in [3.8, 4) is 0 Å². The Balaban J connectivity index is 1.77. The molecule has 156 valence electrons. The van der Waals surface area contributed by atoms with Crippen molar-refractivity contribution in [3.63, 3.8) is 0 Å². The molecule has 0 aromatic rings. The van der Waals surface area contributed by atoms with E-state index in [2.05, 4.69) is 6.92 Å². The monoisotopic (exact) mass is 414 g/mol. The molecular weight excluding hydrogens is 384 g/mol. The lowest BCUT2D eigenvalue weighted by atomic mass is 9.87. The normalized spacial score (nSPS) is 29.7. The molecule has 1 heterocycles. The highest BCUT2D eigenvalue weighted by Crippen LogP contribution is 2.36. The maximum atomic E-state index is 12.8. The van der Waals surface area contributed by atoms with Crippen LogP contribution in [0.2, 0.25) is 0 Å². The number of nitrogens with zero attached hydrogens (tertiary/aromatic N) is 2. The summed E-state index contributed by atoms with van der Waals surface area (Å²) >= 11 is 0. The molecule has 0 aromatic carbocycles. The maximum Gasteiger partial charge on any atom is 0.181 e. The van der Waals surface area contributed by atoms with Crippen LogP contribution >= 0.6 is 0 Å². The fourth-order valence-corrected chi connectivity index (χ4v) is 5.90. The summed E-state index contributed by atoms with van der Waals surface area (Å²) in [5.41, 5.74) is 3.97. The Labute approximate surface area is 173 Å². The van der Waals surface area contributed by atoms with Crippen molar-refractivity contribution in [2.75, 3.05) is 0 Å². The molecule has 5 nitrogen and oxygen atoms in total. The van der Waals surface area contributed by atoms with Crippen LogP contribution in [0.15, 0.2) is 62.8 Å². The van der Waals surface area contributed by atoms with E-state index >= 15 is 0 Å². The molecule has 2 saturated carbocycles. The van der Waals surface area contributed by atoms with E-state index in [-0.39, 0.29) is 11.3 Å². The summed E-state index contributed by atoms with van der Waals surface area (Å²) in [6.45, 7) is 5.96. The Bertz CT molecular complexity index is 961. The Morgan fingerprint density at radius 2 is 1.59 bits per heavy atom. The van der Waals surface area contributed by atoms with Gasteiger partial charge in [-0.3, -0.25) is 10.2 Å². The van der Waals surface area contributed by atoms with E-state index in [1.54, 1.807) is 12.2 Å². The molecule has 0 atom stereocenters. The summed E-state index contributed by atoms with van der Waals surface area (Å²) in [7, 11) is -3.28. The van der Waals surface area contributed by atoms with Crippen molar-refractivity contribution in [3.05, 3.63) is 57.8 Å². The van der Waals surface area contributed by atoms with Crippen LogP contribution in [0.25, 0.3) is 0 Å². The van der Waals surface area contributed by atoms with Crippen molar-refractivity contribution >= 4 is 15.5 Å². The van der Waals surface area contributed by atoms with Crippen LogP contribution < -0.4 is 0 Å². The lowest BCUT2D eigenvalue weighted by molar-refractivity contribution is -0.0195. The number of aliphatic imine (C=N–C) groups is 1. The van der Waals surface area contributed by atoms with Gasteiger partial charge in [-0.15, -0.1) is 0 Å². The first-order chi connectivity index (χ1) is 13.8. The van der Waals surface area contributed by atoms with Gasteiger partial charge in [0.2, 0.25) is 0 Å². The van der Waals surface area contributed by atoms with Crippen molar-refractivity contribution in [2.45, 2.75) is 70.6 Å². The smallest absolute Gasteiger partial charge is 0.181 e. The van der Waals surface area contributed by atoms with Crippen LogP contribution in [0.3, 0.4) is 0 Å². The predicted octanol–water partition coefficient (Wildman–Crippen LogP) is 4.85. The SMILES string of the molecule is CC1=CC(=C2C=C(S(=O)(=O)C3CC3)C=CC2=NC2CCC(C)CC2)C=C(C)N1O. The molecule has 1 aliphatic heterocycles. The van der Waals surface area contributed by atoms with Crippen molar-refractivity contribution in [2.24, 2.45) is 10.9 Å². The van der Waals surface area contributed by atoms with E-state index in [9.17, 15) is 13.6 Å². The second-order valence-corrected chi connectivity index (χ2v) is 11.0. The zero-order valence-electron chi connectivity index (χ0n) is 17.4. The fourth-order valence-electron chi connectivity index (χ4n) is 4.22. The van der Waals surface area contributed by atoms with E-state index in [4.69, 9.17) is 4.99 Å². The first kappa shape index (κ1) is 20.4. The van der Waals surface area contributed by atoms with E-state index in [0.717, 1.165) is 53.5 Å². The summed E-state index contributed by atoms with van der Waals surface area (Å²) in [6, 6.07) is 0.282. The second-order valence-electron chi connectivity index (χ2n) is 8.80. The van der Waals surface area contributed by atoms with Crippen LogP contribution in [0.4, 0.5) is 0 Å². The molecule has 4 aliphatic rings. The molecule has 1 N–H and O–H groups in total. The summed E-state index contributed by atoms with van der Waals surface area (Å²) in [5.74, 6) is 0.756. The molecule has 2 fully saturated rings. The molecule has 0 aromatic heterocycles. The molecule has 0 amide bonds. The maximum absolute atomic E-state index is 12.8. The largest absolute Gasteiger partial charge is 0.284 e. The van der Waals surface area contributed by atoms with E-state index in [1.165, 1.54) is 12.8 Å². The van der Waals surface area contributed by atoms with Gasteiger partial charge in [0.25, 0.3) is 0 Å². The zero-order chi connectivity index (χ0) is 20.8. The molecule has 0 unspecified atom stereocenters. The van der Waals surface area contributed by atoms with Gasteiger partial charge in [-0.2, -0.15) is 0 Å². The van der Waals surface area contributed by atoms with Crippen molar-refractivity contribution < 1.29 is 13.6 Å². The van der Waals surface area contributed by atoms with Crippen molar-refractivity contribution in [1.82, 2.24) is 5.06 Å². The van der Waals surface area contributed by atoms with Gasteiger partial charge < -0.3 is 0 Å². The van der Waals surface area contributed by atoms with Crippen LogP contribution in [0, 0.1) is 5.92 Å². The molecule has 3 aliphatic carbocycles. The minimum absolute atomic E-state index is 0.239. The molecule has 4 rings (SSSR count). The van der Waals surface area contributed by atoms with Gasteiger partial charge in [-0.25, -0.2) is 13.5 Å². The number of sulfone groups is 1. The second kappa shape index (κ2) is 7.73. The Morgan fingerprint density at radius 3 is 2.17 bits per heavy atom. The Hall–Kier alpha value is -1.92. The van der Waals surface area contributed by atoms with Gasteiger partial charge >= 0.3 is 0 Å². The Morgan fingerprint density at radius 1 is 0.966 bits per heavy atom. The lowest BCUT2D eigenvalue weighted by Gasteiger charge is -2.26. The summed E-state index contributed by atoms with van der Waals surface area (Å²) < 4.78 is 25.7. The highest BCUT2D eigenvalue weighted by Gasteiger charge is 2.38. The van der Waals surface area contributed by atoms with E-state index in [1.807, 2.05) is 32.1 Å². The zero-order valence-corrected chi connectivity index (χ0v) is 18.2. The standard InChI is InChI=1S/C23H30N2O3S/c1-15-4-6-19(7-5-15)24-23-11-10-21(29(27,28)20-8-9-20)14-22(23)18-12-16(2)25(26)17(3)13-18/h10-15,19-20,26H,4-9H2,1-3H3. The summed E-state index contributed by atoms with van der Waals surface area (Å²) in [6.07, 6.45) is 15.2. The molecular formula is C23H30N2O3S. The number of allylic oxidation sites excluding steroid dienone is 9. The molecule has 0 spiro atoms. The number of rotatable bonds is 3. The first-order valence-electron chi connectivity index (χ1n) is 10.6.